The van der Waals surface area contributed by atoms with Crippen LogP contribution >= 0.6 is 22.6 Å². The number of hydrogen-bond acceptors (Lipinski definition) is 25. The first kappa shape index (κ1) is 77.6. The monoisotopic (exact) mass is 1270 g/mol. The number of rotatable bonds is 73. The number of nitrogens with one attached hydrogen (secondary N) is 1. The van der Waals surface area contributed by atoms with Gasteiger partial charge in [0.2, 0.25) is 5.91 Å². The average molecular weight is 1270 g/mol. The predicted molar refractivity (Wildman–Crippen MR) is 295 cm³/mol. The summed E-state index contributed by atoms with van der Waals surface area (Å²) >= 11 is 2.02. The molecular formula is C50H99IN4O24. The van der Waals surface area contributed by atoms with Crippen LogP contribution in [0, 0.1) is 0 Å². The first-order valence-electron chi connectivity index (χ1n) is 27.4. The van der Waals surface area contributed by atoms with Crippen molar-refractivity contribution < 1.29 is 114 Å². The van der Waals surface area contributed by atoms with Crippen LogP contribution in [0.3, 0.4) is 0 Å². The van der Waals surface area contributed by atoms with Crippen molar-refractivity contribution in [2.45, 2.75) is 0 Å². The SMILES string of the molecule is [N-]=[N+]=NCCOCCOCCOCCOCCOCCOCCOCCOCCOCCOCCOCCOCCOCCOCCOCCOCCOCCOCCOCCOCCOCCOCCOCCNC(=O)CI. The van der Waals surface area contributed by atoms with Gasteiger partial charge in [-0.2, -0.15) is 0 Å². The molecular weight excluding hydrogens is 1170 g/mol. The van der Waals surface area contributed by atoms with Gasteiger partial charge in [-0.15, -0.1) is 0 Å². The van der Waals surface area contributed by atoms with E-state index in [9.17, 15) is 4.79 Å². The van der Waals surface area contributed by atoms with Crippen LogP contribution in [0.25, 0.3) is 10.4 Å². The molecule has 0 rings (SSSR count). The summed E-state index contributed by atoms with van der Waals surface area (Å²) in [5.41, 5.74) is 8.17. The van der Waals surface area contributed by atoms with Crippen LogP contribution in [-0.4, -0.2) is 327 Å². The largest absolute Gasteiger partial charge is 0.379 e. The van der Waals surface area contributed by atoms with Gasteiger partial charge in [-0.25, -0.2) is 0 Å². The Morgan fingerprint density at radius 1 is 0.266 bits per heavy atom. The minimum atomic E-state index is 0.00695. The Morgan fingerprint density at radius 2 is 0.405 bits per heavy atom. The van der Waals surface area contributed by atoms with Gasteiger partial charge < -0.3 is 114 Å². The van der Waals surface area contributed by atoms with E-state index in [-0.39, 0.29) is 5.91 Å². The third-order valence-electron chi connectivity index (χ3n) is 9.27. The lowest BCUT2D eigenvalue weighted by Gasteiger charge is -2.09. The Bertz CT molecular complexity index is 1200. The number of nitrogens with zero attached hydrogens (tertiary/aromatic N) is 3. The second-order valence-electron chi connectivity index (χ2n) is 15.5. The Kier molecular flexibility index (Phi) is 73.3. The fourth-order valence-electron chi connectivity index (χ4n) is 5.40. The van der Waals surface area contributed by atoms with Crippen molar-refractivity contribution in [3.63, 3.8) is 0 Å². The van der Waals surface area contributed by atoms with E-state index in [1.165, 1.54) is 0 Å². The summed E-state index contributed by atoms with van der Waals surface area (Å²) in [4.78, 5) is 13.8. The molecule has 0 aliphatic carbocycles. The summed E-state index contributed by atoms with van der Waals surface area (Å²) in [6, 6.07) is 0. The van der Waals surface area contributed by atoms with Gasteiger partial charge in [-0.1, -0.05) is 27.7 Å². The third kappa shape index (κ3) is 74.6. The molecule has 0 unspecified atom stereocenters. The smallest absolute Gasteiger partial charge is 0.229 e. The zero-order valence-corrected chi connectivity index (χ0v) is 49.3. The lowest BCUT2D eigenvalue weighted by Crippen LogP contribution is -2.28. The summed E-state index contributed by atoms with van der Waals surface area (Å²) in [5.74, 6) is 0.00695. The van der Waals surface area contributed by atoms with Crippen LogP contribution in [0.5, 0.6) is 0 Å². The maximum absolute atomic E-state index is 11.1. The fraction of sp³-hybridized carbons (Fsp3) is 0.980. The Labute approximate surface area is 482 Å². The molecule has 28 nitrogen and oxygen atoms in total. The zero-order chi connectivity index (χ0) is 56.6. The van der Waals surface area contributed by atoms with E-state index in [0.29, 0.717) is 321 Å². The van der Waals surface area contributed by atoms with Crippen LogP contribution in [0.4, 0.5) is 0 Å². The highest BCUT2D eigenvalue weighted by Crippen LogP contribution is 1.91. The van der Waals surface area contributed by atoms with E-state index in [2.05, 4.69) is 15.3 Å². The number of alkyl halides is 1. The van der Waals surface area contributed by atoms with E-state index in [1.807, 2.05) is 22.6 Å². The Balaban J connectivity index is 3.09. The quantitative estimate of drug-likeness (QED) is 0.0224. The average Bonchev–Trinajstić information content (AvgIpc) is 3.46. The van der Waals surface area contributed by atoms with E-state index in [4.69, 9.17) is 114 Å². The minimum Gasteiger partial charge on any atom is -0.379 e. The highest BCUT2D eigenvalue weighted by Gasteiger charge is 2.01. The molecule has 0 fully saturated rings. The van der Waals surface area contributed by atoms with Gasteiger partial charge >= 0.3 is 0 Å². The highest BCUT2D eigenvalue weighted by atomic mass is 127. The molecule has 0 bridgehead atoms. The van der Waals surface area contributed by atoms with Crippen LogP contribution in [0.1, 0.15) is 0 Å². The molecule has 1 N–H and O–H groups in total. The van der Waals surface area contributed by atoms with Crippen LogP contribution in [0.2, 0.25) is 0 Å². The molecule has 1 amide bonds. The van der Waals surface area contributed by atoms with Crippen molar-refractivity contribution in [1.82, 2.24) is 5.32 Å². The van der Waals surface area contributed by atoms with Crippen molar-refractivity contribution in [3.8, 4) is 0 Å². The van der Waals surface area contributed by atoms with Crippen LogP contribution in [-0.2, 0) is 114 Å². The molecule has 0 heterocycles. The maximum Gasteiger partial charge on any atom is 0.229 e. The molecule has 0 atom stereocenters. The molecule has 0 aromatic carbocycles. The number of carbonyl (C=O) groups excluding carboxylic acids is 1. The standard InChI is InChI=1S/C50H99IN4O24/c51-49-50(56)53-1-3-57-5-7-59-9-11-61-13-15-63-17-19-65-21-23-67-25-27-69-29-31-71-33-35-73-37-39-75-41-43-77-45-47-79-48-46-78-44-42-76-40-38-74-36-34-72-32-30-70-28-26-68-24-22-66-20-18-64-16-14-62-12-10-60-8-6-58-4-2-54-55-52/h1-49H2,(H,53,56). The summed E-state index contributed by atoms with van der Waals surface area (Å²) in [6.07, 6.45) is 0. The van der Waals surface area contributed by atoms with Crippen LogP contribution in [0.15, 0.2) is 5.11 Å². The molecule has 0 saturated carbocycles. The number of halogens is 1. The van der Waals surface area contributed by atoms with Gasteiger partial charge in [-0.05, 0) is 5.53 Å². The number of ether oxygens (including phenoxy) is 23. The summed E-state index contributed by atoms with van der Waals surface area (Å²) in [7, 11) is 0. The van der Waals surface area contributed by atoms with Crippen molar-refractivity contribution in [1.29, 1.82) is 0 Å². The summed E-state index contributed by atoms with van der Waals surface area (Å²) < 4.78 is 126. The second-order valence-corrected chi connectivity index (χ2v) is 16.3. The van der Waals surface area contributed by atoms with Gasteiger partial charge in [0.1, 0.15) is 0 Å². The van der Waals surface area contributed by atoms with Gasteiger partial charge in [0.05, 0.1) is 308 Å². The van der Waals surface area contributed by atoms with Crippen molar-refractivity contribution >= 4 is 28.5 Å². The normalized spacial score (nSPS) is 11.5. The maximum atomic E-state index is 11.1. The lowest BCUT2D eigenvalue weighted by atomic mass is 10.6. The molecule has 0 aliphatic rings. The minimum absolute atomic E-state index is 0.00695. The second kappa shape index (κ2) is 74.6. The Hall–Kier alpha value is -1.41. The zero-order valence-electron chi connectivity index (χ0n) is 47.2. The van der Waals surface area contributed by atoms with Crippen LogP contribution < -0.4 is 5.32 Å². The van der Waals surface area contributed by atoms with Crippen molar-refractivity contribution in [2.24, 2.45) is 5.11 Å². The molecule has 79 heavy (non-hydrogen) atoms. The molecule has 470 valence electrons. The molecule has 29 heteroatoms. The molecule has 0 aromatic heterocycles. The van der Waals surface area contributed by atoms with E-state index >= 15 is 0 Å². The number of carbonyl (C=O) groups is 1. The van der Waals surface area contributed by atoms with Crippen molar-refractivity contribution in [3.05, 3.63) is 10.4 Å². The molecule has 0 saturated heterocycles. The lowest BCUT2D eigenvalue weighted by molar-refractivity contribution is -0.118. The molecule has 0 radical (unpaired) electrons. The molecule has 0 aromatic rings. The first-order valence-corrected chi connectivity index (χ1v) is 28.9. The molecule has 0 aliphatic heterocycles. The van der Waals surface area contributed by atoms with E-state index in [0.717, 1.165) is 0 Å². The van der Waals surface area contributed by atoms with E-state index < -0.39 is 0 Å². The number of amides is 1. The number of azide groups is 1. The van der Waals surface area contributed by atoms with Crippen molar-refractivity contribution in [2.75, 3.05) is 321 Å². The van der Waals surface area contributed by atoms with Gasteiger partial charge in [0.25, 0.3) is 0 Å². The first-order chi connectivity index (χ1) is 39.3. The third-order valence-corrected chi connectivity index (χ3v) is 9.97. The fourth-order valence-corrected chi connectivity index (χ4v) is 5.67. The van der Waals surface area contributed by atoms with Gasteiger partial charge in [-0.3, -0.25) is 4.79 Å². The summed E-state index contributed by atoms with van der Waals surface area (Å²) in [6.45, 7) is 22.9. The predicted octanol–water partition coefficient (Wildman–Crippen LogP) is 1.23. The van der Waals surface area contributed by atoms with Gasteiger partial charge in [0, 0.05) is 18.0 Å². The highest BCUT2D eigenvalue weighted by molar-refractivity contribution is 14.1. The topological polar surface area (TPSA) is 290 Å². The molecule has 0 spiro atoms. The summed E-state index contributed by atoms with van der Waals surface area (Å²) in [5, 5.41) is 6.12. The van der Waals surface area contributed by atoms with Gasteiger partial charge in [0.15, 0.2) is 0 Å². The Morgan fingerprint density at radius 3 is 0.544 bits per heavy atom. The van der Waals surface area contributed by atoms with E-state index in [1.54, 1.807) is 0 Å². The number of hydrogen-bond donors (Lipinski definition) is 1.